The Bertz CT molecular complexity index is 315. The molecule has 0 spiro atoms. The lowest BCUT2D eigenvalue weighted by atomic mass is 10.1. The highest BCUT2D eigenvalue weighted by Gasteiger charge is 2.17. The van der Waals surface area contributed by atoms with E-state index in [1.165, 1.54) is 42.1 Å². The zero-order chi connectivity index (χ0) is 11.4. The normalized spacial score (nSPS) is 18.2. The molecule has 1 aromatic rings. The maximum Gasteiger partial charge on any atom is 0.0327 e. The maximum absolute atomic E-state index is 3.42. The topological polar surface area (TPSA) is 15.3 Å². The molecule has 0 bridgehead atoms. The Morgan fingerprint density at radius 2 is 2.00 bits per heavy atom. The van der Waals surface area contributed by atoms with Gasteiger partial charge in [0.25, 0.3) is 0 Å². The predicted molar refractivity (Wildman–Crippen MR) is 71.1 cm³/mol. The van der Waals surface area contributed by atoms with Crippen molar-refractivity contribution < 1.29 is 0 Å². The number of rotatable bonds is 4. The molecule has 2 nitrogen and oxygen atoms in total. The highest BCUT2D eigenvalue weighted by Crippen LogP contribution is 2.20. The van der Waals surface area contributed by atoms with E-state index in [-0.39, 0.29) is 0 Å². The van der Waals surface area contributed by atoms with E-state index >= 15 is 0 Å². The van der Waals surface area contributed by atoms with E-state index in [1.807, 2.05) is 11.3 Å². The molecule has 1 N–H and O–H groups in total. The quantitative estimate of drug-likeness (QED) is 0.867. The monoisotopic (exact) mass is 238 g/mol. The number of nitrogens with zero attached hydrogens (tertiary/aromatic N) is 1. The van der Waals surface area contributed by atoms with Crippen molar-refractivity contribution in [3.8, 4) is 0 Å². The summed E-state index contributed by atoms with van der Waals surface area (Å²) in [5.74, 6) is 0. The molecule has 0 amide bonds. The molecule has 0 aliphatic carbocycles. The molecule has 0 saturated carbocycles. The summed E-state index contributed by atoms with van der Waals surface area (Å²) >= 11 is 1.97. The number of hydrogen-bond acceptors (Lipinski definition) is 3. The van der Waals surface area contributed by atoms with Gasteiger partial charge >= 0.3 is 0 Å². The Hall–Kier alpha value is -0.380. The molecule has 3 heteroatoms. The number of aryl methyl sites for hydroxylation is 1. The van der Waals surface area contributed by atoms with Crippen LogP contribution in [0, 0.1) is 0 Å². The predicted octanol–water partition coefficient (Wildman–Crippen LogP) is 2.49. The van der Waals surface area contributed by atoms with Crippen LogP contribution in [0.5, 0.6) is 0 Å². The Morgan fingerprint density at radius 3 is 2.62 bits per heavy atom. The van der Waals surface area contributed by atoms with Gasteiger partial charge in [-0.05, 0) is 51.5 Å². The first kappa shape index (κ1) is 12.1. The van der Waals surface area contributed by atoms with Crippen molar-refractivity contribution in [2.45, 2.75) is 38.8 Å². The van der Waals surface area contributed by atoms with Gasteiger partial charge < -0.3 is 5.32 Å². The smallest absolute Gasteiger partial charge is 0.0327 e. The fourth-order valence-corrected chi connectivity index (χ4v) is 3.34. The van der Waals surface area contributed by atoms with Crippen LogP contribution in [0.3, 0.4) is 0 Å². The zero-order valence-electron chi connectivity index (χ0n) is 10.3. The summed E-state index contributed by atoms with van der Waals surface area (Å²) in [5, 5.41) is 3.42. The van der Waals surface area contributed by atoms with E-state index in [1.54, 1.807) is 0 Å². The van der Waals surface area contributed by atoms with Crippen LogP contribution in [0.4, 0.5) is 0 Å². The first-order valence-electron chi connectivity index (χ1n) is 6.28. The molecular formula is C13H22N2S. The van der Waals surface area contributed by atoms with Gasteiger partial charge in [0.05, 0.1) is 0 Å². The molecule has 1 fully saturated rings. The van der Waals surface area contributed by atoms with Crippen LogP contribution in [0.15, 0.2) is 12.1 Å². The van der Waals surface area contributed by atoms with Crippen molar-refractivity contribution >= 4 is 11.3 Å². The molecule has 1 saturated heterocycles. The van der Waals surface area contributed by atoms with Crippen LogP contribution < -0.4 is 5.32 Å². The standard InChI is InChI=1S/C13H22N2S/c1-3-12-4-5-13(16-12)10-15(2)11-6-8-14-9-7-11/h4-5,11,14H,3,6-10H2,1-2H3. The molecule has 0 radical (unpaired) electrons. The lowest BCUT2D eigenvalue weighted by Crippen LogP contribution is -2.40. The number of piperidine rings is 1. The van der Waals surface area contributed by atoms with Crippen LogP contribution >= 0.6 is 11.3 Å². The summed E-state index contributed by atoms with van der Waals surface area (Å²) in [6.45, 7) is 5.71. The van der Waals surface area contributed by atoms with Crippen LogP contribution in [0.2, 0.25) is 0 Å². The average Bonchev–Trinajstić information content (AvgIpc) is 2.78. The maximum atomic E-state index is 3.42. The van der Waals surface area contributed by atoms with Gasteiger partial charge in [0.2, 0.25) is 0 Å². The summed E-state index contributed by atoms with van der Waals surface area (Å²) in [4.78, 5) is 5.54. The van der Waals surface area contributed by atoms with Gasteiger partial charge in [0.15, 0.2) is 0 Å². The number of thiophene rings is 1. The van der Waals surface area contributed by atoms with Gasteiger partial charge in [0, 0.05) is 22.3 Å². The molecule has 1 aliphatic rings. The minimum absolute atomic E-state index is 0.772. The molecule has 2 rings (SSSR count). The van der Waals surface area contributed by atoms with E-state index in [9.17, 15) is 0 Å². The first-order valence-corrected chi connectivity index (χ1v) is 7.09. The molecule has 16 heavy (non-hydrogen) atoms. The van der Waals surface area contributed by atoms with Crippen LogP contribution in [-0.4, -0.2) is 31.1 Å². The summed E-state index contributed by atoms with van der Waals surface area (Å²) in [6, 6.07) is 5.34. The third-order valence-corrected chi connectivity index (χ3v) is 4.62. The minimum atomic E-state index is 0.772. The van der Waals surface area contributed by atoms with Crippen molar-refractivity contribution in [2.75, 3.05) is 20.1 Å². The Kier molecular flexibility index (Phi) is 4.38. The van der Waals surface area contributed by atoms with Crippen molar-refractivity contribution in [2.24, 2.45) is 0 Å². The van der Waals surface area contributed by atoms with Crippen molar-refractivity contribution in [1.29, 1.82) is 0 Å². The third-order valence-electron chi connectivity index (χ3n) is 3.40. The Morgan fingerprint density at radius 1 is 1.31 bits per heavy atom. The molecule has 0 unspecified atom stereocenters. The second-order valence-corrected chi connectivity index (χ2v) is 5.87. The summed E-state index contributed by atoms with van der Waals surface area (Å²) in [6.07, 6.45) is 3.76. The van der Waals surface area contributed by atoms with Crippen molar-refractivity contribution in [3.05, 3.63) is 21.9 Å². The fraction of sp³-hybridized carbons (Fsp3) is 0.692. The second kappa shape index (κ2) is 5.80. The highest BCUT2D eigenvalue weighted by atomic mass is 32.1. The molecule has 2 heterocycles. The third kappa shape index (κ3) is 3.06. The van der Waals surface area contributed by atoms with E-state index in [0.717, 1.165) is 12.6 Å². The van der Waals surface area contributed by atoms with Gasteiger partial charge in [0.1, 0.15) is 0 Å². The van der Waals surface area contributed by atoms with Gasteiger partial charge in [-0.25, -0.2) is 0 Å². The van der Waals surface area contributed by atoms with E-state index in [2.05, 4.69) is 36.3 Å². The zero-order valence-corrected chi connectivity index (χ0v) is 11.1. The SMILES string of the molecule is CCc1ccc(CN(C)C2CCNCC2)s1. The summed E-state index contributed by atoms with van der Waals surface area (Å²) < 4.78 is 0. The van der Waals surface area contributed by atoms with Crippen molar-refractivity contribution in [1.82, 2.24) is 10.2 Å². The minimum Gasteiger partial charge on any atom is -0.317 e. The highest BCUT2D eigenvalue weighted by molar-refractivity contribution is 7.11. The summed E-state index contributed by atoms with van der Waals surface area (Å²) in [5.41, 5.74) is 0. The molecule has 1 aromatic heterocycles. The molecule has 0 atom stereocenters. The average molecular weight is 238 g/mol. The first-order chi connectivity index (χ1) is 7.79. The largest absolute Gasteiger partial charge is 0.317 e. The Labute approximate surface area is 103 Å². The lowest BCUT2D eigenvalue weighted by molar-refractivity contribution is 0.193. The fourth-order valence-electron chi connectivity index (χ4n) is 2.32. The lowest BCUT2D eigenvalue weighted by Gasteiger charge is -2.31. The van der Waals surface area contributed by atoms with Crippen molar-refractivity contribution in [3.63, 3.8) is 0 Å². The molecule has 1 aliphatic heterocycles. The molecular weight excluding hydrogens is 216 g/mol. The number of hydrogen-bond donors (Lipinski definition) is 1. The van der Waals surface area contributed by atoms with Gasteiger partial charge in [-0.2, -0.15) is 0 Å². The summed E-state index contributed by atoms with van der Waals surface area (Å²) in [7, 11) is 2.27. The number of nitrogens with one attached hydrogen (secondary N) is 1. The molecule has 90 valence electrons. The van der Waals surface area contributed by atoms with Crippen LogP contribution in [0.1, 0.15) is 29.5 Å². The Balaban J connectivity index is 1.87. The van der Waals surface area contributed by atoms with Gasteiger partial charge in [-0.3, -0.25) is 4.90 Å². The van der Waals surface area contributed by atoms with E-state index < -0.39 is 0 Å². The van der Waals surface area contributed by atoms with Crippen LogP contribution in [-0.2, 0) is 13.0 Å². The van der Waals surface area contributed by atoms with Crippen LogP contribution in [0.25, 0.3) is 0 Å². The van der Waals surface area contributed by atoms with Gasteiger partial charge in [-0.1, -0.05) is 6.92 Å². The molecule has 0 aromatic carbocycles. The van der Waals surface area contributed by atoms with E-state index in [0.29, 0.717) is 0 Å². The second-order valence-electron chi connectivity index (χ2n) is 4.62. The van der Waals surface area contributed by atoms with Gasteiger partial charge in [-0.15, -0.1) is 11.3 Å². The van der Waals surface area contributed by atoms with E-state index in [4.69, 9.17) is 0 Å².